The SMILES string of the molecule is C/[C](c1ccc2ccccc2c1)=[Zr+2](/[C]1=CC(C2(C)CCCCC2)=CC1C)[CH]1c2cc(C)c(C)cc2-c2cc(C)c(C)cc21.[Cl-].[Cl-]. The number of aryl methyl sites for hydroxylation is 4. The fourth-order valence-electron chi connectivity index (χ4n) is 8.30. The van der Waals surface area contributed by atoms with E-state index in [1.165, 1.54) is 81.8 Å². The predicted molar refractivity (Wildman–Crippen MR) is 183 cm³/mol. The van der Waals surface area contributed by atoms with E-state index >= 15 is 0 Å². The van der Waals surface area contributed by atoms with Crippen LogP contribution in [0.3, 0.4) is 0 Å². The van der Waals surface area contributed by atoms with Crippen LogP contribution in [-0.4, -0.2) is 3.21 Å². The van der Waals surface area contributed by atoms with E-state index < -0.39 is 21.3 Å². The maximum Gasteiger partial charge on any atom is -1.00 e. The maximum atomic E-state index is 2.76. The van der Waals surface area contributed by atoms with Crippen LogP contribution >= 0.6 is 0 Å². The van der Waals surface area contributed by atoms with Gasteiger partial charge < -0.3 is 24.8 Å². The molecule has 0 aliphatic heterocycles. The summed E-state index contributed by atoms with van der Waals surface area (Å²) in [6.45, 7) is 16.8. The zero-order chi connectivity index (χ0) is 30.0. The number of allylic oxidation sites excluding steroid dienone is 4. The van der Waals surface area contributed by atoms with Gasteiger partial charge in [-0.25, -0.2) is 0 Å². The first kappa shape index (κ1) is 34.3. The van der Waals surface area contributed by atoms with Crippen molar-refractivity contribution in [3.8, 4) is 11.1 Å². The number of hydrogen-bond acceptors (Lipinski definition) is 0. The average Bonchev–Trinajstić information content (AvgIpc) is 3.52. The minimum Gasteiger partial charge on any atom is -1.00 e. The molecule has 45 heavy (non-hydrogen) atoms. The zero-order valence-electron chi connectivity index (χ0n) is 28.0. The first-order valence-electron chi connectivity index (χ1n) is 16.5. The van der Waals surface area contributed by atoms with Crippen molar-refractivity contribution in [2.24, 2.45) is 11.3 Å². The topological polar surface area (TPSA) is 0 Å². The van der Waals surface area contributed by atoms with Crippen molar-refractivity contribution >= 4 is 14.0 Å². The minimum atomic E-state index is -2.59. The van der Waals surface area contributed by atoms with Crippen LogP contribution in [0.1, 0.15) is 95.4 Å². The van der Waals surface area contributed by atoms with E-state index in [2.05, 4.69) is 127 Å². The van der Waals surface area contributed by atoms with Gasteiger partial charge in [-0.3, -0.25) is 0 Å². The first-order chi connectivity index (χ1) is 20.6. The van der Waals surface area contributed by atoms with Crippen LogP contribution in [0.2, 0.25) is 0 Å². The number of hydrogen-bond donors (Lipinski definition) is 0. The molecule has 232 valence electrons. The Hall–Kier alpha value is -2.05. The zero-order valence-corrected chi connectivity index (χ0v) is 31.9. The Morgan fingerprint density at radius 2 is 1.27 bits per heavy atom. The number of fused-ring (bicyclic) bond motifs is 4. The molecule has 0 nitrogen and oxygen atoms in total. The Bertz CT molecular complexity index is 1830. The van der Waals surface area contributed by atoms with Gasteiger partial charge in [0.25, 0.3) is 0 Å². The molecule has 7 rings (SSSR count). The molecule has 0 spiro atoms. The molecule has 0 heterocycles. The van der Waals surface area contributed by atoms with Gasteiger partial charge in [0.2, 0.25) is 0 Å². The van der Waals surface area contributed by atoms with Crippen LogP contribution in [0.4, 0.5) is 0 Å². The van der Waals surface area contributed by atoms with Crippen LogP contribution in [0.25, 0.3) is 21.9 Å². The third-order valence-electron chi connectivity index (χ3n) is 11.3. The van der Waals surface area contributed by atoms with Crippen molar-refractivity contribution in [2.45, 2.75) is 84.2 Å². The Morgan fingerprint density at radius 1 is 0.711 bits per heavy atom. The average molecular weight is 713 g/mol. The van der Waals surface area contributed by atoms with Crippen molar-refractivity contribution in [1.82, 2.24) is 0 Å². The molecule has 1 fully saturated rings. The molecule has 0 aromatic heterocycles. The van der Waals surface area contributed by atoms with E-state index in [0.717, 1.165) is 0 Å². The second kappa shape index (κ2) is 13.2. The Morgan fingerprint density at radius 3 is 1.87 bits per heavy atom. The summed E-state index contributed by atoms with van der Waals surface area (Å²) in [6, 6.07) is 26.3. The van der Waals surface area contributed by atoms with Crippen molar-refractivity contribution in [2.75, 3.05) is 0 Å². The summed E-state index contributed by atoms with van der Waals surface area (Å²) < 4.78 is 3.99. The standard InChI is InChI=1S/C17H17.C13H19.C12H10.2ClH.Zr/c1-10-5-14-9-15-6-11(2)13(4)8-17(15)16(14)7-12(10)3;1-11-6-7-12(10-11)13(2)8-4-3-5-9-13;1-2-10-7-8-11-5-3-4-6-12(11)9-10;;;/h5-9H,1-4H3;7,10-11H,3-5,8-9H2,1-2H3;3-9H,1H3;2*1H;/q;;;;;+2/p-2. The van der Waals surface area contributed by atoms with Crippen molar-refractivity contribution in [3.05, 3.63) is 127 Å². The van der Waals surface area contributed by atoms with Gasteiger partial charge in [-0.1, -0.05) is 0 Å². The molecule has 3 aliphatic rings. The summed E-state index contributed by atoms with van der Waals surface area (Å²) >= 11 is -2.59. The van der Waals surface area contributed by atoms with Crippen LogP contribution in [0.15, 0.2) is 87.7 Å². The van der Waals surface area contributed by atoms with E-state index in [1.54, 1.807) is 23.2 Å². The van der Waals surface area contributed by atoms with E-state index in [0.29, 0.717) is 15.0 Å². The molecule has 4 aromatic carbocycles. The monoisotopic (exact) mass is 710 g/mol. The van der Waals surface area contributed by atoms with E-state index in [-0.39, 0.29) is 24.8 Å². The second-order valence-electron chi connectivity index (χ2n) is 14.2. The molecule has 0 N–H and O–H groups in total. The van der Waals surface area contributed by atoms with Crippen LogP contribution in [0, 0.1) is 39.0 Å². The maximum absolute atomic E-state index is 2.76. The molecule has 0 bridgehead atoms. The summed E-state index contributed by atoms with van der Waals surface area (Å²) in [5.74, 6) is 0.518. The Kier molecular flexibility index (Phi) is 10.1. The smallest absolute Gasteiger partial charge is 1.00 e. The van der Waals surface area contributed by atoms with Gasteiger partial charge >= 0.3 is 269 Å². The molecule has 0 radical (unpaired) electrons. The predicted octanol–water partition coefficient (Wildman–Crippen LogP) is 5.44. The molecular formula is C42H46Cl2Zr. The third kappa shape index (κ3) is 5.97. The quantitative estimate of drug-likeness (QED) is 0.265. The second-order valence-corrected chi connectivity index (χ2v) is 20.9. The van der Waals surface area contributed by atoms with Crippen LogP contribution < -0.4 is 24.8 Å². The van der Waals surface area contributed by atoms with Gasteiger partial charge in [-0.15, -0.1) is 0 Å². The normalized spacial score (nSPS) is 18.7. The van der Waals surface area contributed by atoms with Gasteiger partial charge in [0.05, 0.1) is 0 Å². The van der Waals surface area contributed by atoms with Crippen LogP contribution in [-0.2, 0) is 21.3 Å². The van der Waals surface area contributed by atoms with E-state index in [9.17, 15) is 0 Å². The summed E-state index contributed by atoms with van der Waals surface area (Å²) in [4.78, 5) is 0. The first-order valence-corrected chi connectivity index (χ1v) is 20.4. The Balaban J connectivity index is 0.00000200. The molecule has 1 unspecified atom stereocenters. The van der Waals surface area contributed by atoms with Crippen molar-refractivity contribution in [3.63, 3.8) is 0 Å². The molecule has 3 aliphatic carbocycles. The third-order valence-corrected chi connectivity index (χ3v) is 20.0. The fraction of sp³-hybridized carbons (Fsp3) is 0.357. The molecule has 4 aromatic rings. The molecule has 1 atom stereocenters. The van der Waals surface area contributed by atoms with E-state index in [1.807, 2.05) is 0 Å². The largest absolute Gasteiger partial charge is 1.00 e. The van der Waals surface area contributed by atoms with Crippen molar-refractivity contribution < 1.29 is 46.1 Å². The molecule has 3 heteroatoms. The summed E-state index contributed by atoms with van der Waals surface area (Å²) in [5, 5.41) is 2.69. The summed E-state index contributed by atoms with van der Waals surface area (Å²) in [7, 11) is 0. The number of halogens is 2. The number of rotatable bonds is 4. The van der Waals surface area contributed by atoms with Crippen molar-refractivity contribution in [1.29, 1.82) is 0 Å². The van der Waals surface area contributed by atoms with Gasteiger partial charge in [-0.2, -0.15) is 0 Å². The van der Waals surface area contributed by atoms with Gasteiger partial charge in [0.1, 0.15) is 0 Å². The molecule has 1 saturated carbocycles. The molecular weight excluding hydrogens is 667 g/mol. The van der Waals surface area contributed by atoms with Gasteiger partial charge in [-0.05, 0) is 0 Å². The Labute approximate surface area is 291 Å². The van der Waals surface area contributed by atoms with Crippen LogP contribution in [0.5, 0.6) is 0 Å². The fourth-order valence-corrected chi connectivity index (χ4v) is 17.3. The van der Waals surface area contributed by atoms with E-state index in [4.69, 9.17) is 0 Å². The van der Waals surface area contributed by atoms with Gasteiger partial charge in [0, 0.05) is 0 Å². The van der Waals surface area contributed by atoms with Gasteiger partial charge in [0.15, 0.2) is 0 Å². The number of benzene rings is 4. The molecule has 0 saturated heterocycles. The summed E-state index contributed by atoms with van der Waals surface area (Å²) in [5.41, 5.74) is 15.3. The summed E-state index contributed by atoms with van der Waals surface area (Å²) in [6.07, 6.45) is 12.3. The minimum absolute atomic E-state index is 0. The molecule has 0 amide bonds.